The summed E-state index contributed by atoms with van der Waals surface area (Å²) in [7, 11) is 3.60. The topological polar surface area (TPSA) is 67.3 Å². The number of carbonyl (C=O) groups is 1. The molecule has 6 nitrogen and oxygen atoms in total. The van der Waals surface area contributed by atoms with Gasteiger partial charge in [-0.05, 0) is 36.6 Å². The summed E-state index contributed by atoms with van der Waals surface area (Å²) in [5, 5.41) is 2.94. The van der Waals surface area contributed by atoms with Crippen LogP contribution in [0.5, 0.6) is 5.75 Å². The van der Waals surface area contributed by atoms with Gasteiger partial charge in [-0.3, -0.25) is 4.79 Å². The molecule has 29 heavy (non-hydrogen) atoms. The van der Waals surface area contributed by atoms with Gasteiger partial charge in [-0.15, -0.1) is 0 Å². The molecule has 1 amide bonds. The van der Waals surface area contributed by atoms with Crippen molar-refractivity contribution in [3.63, 3.8) is 0 Å². The number of amides is 1. The second-order valence-electron chi connectivity index (χ2n) is 6.86. The highest BCUT2D eigenvalue weighted by Gasteiger charge is 2.13. The predicted octanol–water partition coefficient (Wildman–Crippen LogP) is 3.40. The number of hydrogen-bond acceptors (Lipinski definition) is 5. The van der Waals surface area contributed by atoms with E-state index in [0.717, 1.165) is 17.1 Å². The normalized spacial score (nSPS) is 10.4. The van der Waals surface area contributed by atoms with Crippen LogP contribution in [-0.2, 0) is 13.0 Å². The molecule has 0 saturated carbocycles. The summed E-state index contributed by atoms with van der Waals surface area (Å²) in [5.41, 5.74) is 2.65. The molecule has 150 valence electrons. The number of rotatable bonds is 8. The van der Waals surface area contributed by atoms with Crippen molar-refractivity contribution in [3.05, 3.63) is 83.3 Å². The molecule has 0 saturated heterocycles. The zero-order valence-electron chi connectivity index (χ0n) is 17.1. The summed E-state index contributed by atoms with van der Waals surface area (Å²) in [6.07, 6.45) is 0.716. The van der Waals surface area contributed by atoms with Gasteiger partial charge in [0.15, 0.2) is 0 Å². The quantitative estimate of drug-likeness (QED) is 0.638. The van der Waals surface area contributed by atoms with E-state index in [-0.39, 0.29) is 5.91 Å². The Morgan fingerprint density at radius 3 is 2.55 bits per heavy atom. The summed E-state index contributed by atoms with van der Waals surface area (Å²) in [6, 6.07) is 19.7. The van der Waals surface area contributed by atoms with Crippen LogP contribution in [0.3, 0.4) is 0 Å². The highest BCUT2D eigenvalue weighted by atomic mass is 16.5. The Morgan fingerprint density at radius 1 is 1.03 bits per heavy atom. The Kier molecular flexibility index (Phi) is 6.79. The van der Waals surface area contributed by atoms with Crippen LogP contribution < -0.4 is 15.0 Å². The number of benzene rings is 2. The van der Waals surface area contributed by atoms with Gasteiger partial charge in [0.2, 0.25) is 0 Å². The average Bonchev–Trinajstić information content (AvgIpc) is 2.74. The van der Waals surface area contributed by atoms with Crippen LogP contribution in [0, 0.1) is 6.92 Å². The third-order valence-electron chi connectivity index (χ3n) is 4.54. The number of aromatic nitrogens is 2. The molecule has 0 atom stereocenters. The minimum absolute atomic E-state index is 0.201. The minimum Gasteiger partial charge on any atom is -0.497 e. The van der Waals surface area contributed by atoms with Crippen LogP contribution in [0.15, 0.2) is 60.7 Å². The lowest BCUT2D eigenvalue weighted by atomic mass is 10.1. The maximum Gasteiger partial charge on any atom is 0.270 e. The average molecular weight is 390 g/mol. The van der Waals surface area contributed by atoms with E-state index in [2.05, 4.69) is 27.4 Å². The Balaban J connectivity index is 1.62. The molecule has 1 aromatic heterocycles. The maximum atomic E-state index is 12.6. The molecule has 0 radical (unpaired) electrons. The standard InChI is InChI=1S/C23H26N4O2/c1-17-25-21(15-22(26-17)27(2)16-19-8-5-4-6-9-19)23(28)24-13-12-18-10-7-11-20(14-18)29-3/h4-11,14-15H,12-13,16H2,1-3H3,(H,24,28). The number of nitrogens with one attached hydrogen (secondary N) is 1. The third-order valence-corrected chi connectivity index (χ3v) is 4.54. The number of anilines is 1. The monoisotopic (exact) mass is 390 g/mol. The molecule has 0 aliphatic rings. The van der Waals surface area contributed by atoms with Crippen molar-refractivity contribution < 1.29 is 9.53 Å². The second-order valence-corrected chi connectivity index (χ2v) is 6.86. The number of aryl methyl sites for hydroxylation is 1. The van der Waals surface area contributed by atoms with E-state index in [0.29, 0.717) is 31.0 Å². The van der Waals surface area contributed by atoms with Crippen LogP contribution in [0.4, 0.5) is 5.82 Å². The van der Waals surface area contributed by atoms with E-state index < -0.39 is 0 Å². The van der Waals surface area contributed by atoms with Gasteiger partial charge < -0.3 is 15.0 Å². The fourth-order valence-corrected chi connectivity index (χ4v) is 3.04. The van der Waals surface area contributed by atoms with E-state index in [1.54, 1.807) is 20.1 Å². The van der Waals surface area contributed by atoms with Gasteiger partial charge >= 0.3 is 0 Å². The van der Waals surface area contributed by atoms with Gasteiger partial charge in [-0.2, -0.15) is 0 Å². The van der Waals surface area contributed by atoms with Crippen LogP contribution in [-0.4, -0.2) is 36.6 Å². The molecule has 6 heteroatoms. The number of hydrogen-bond donors (Lipinski definition) is 1. The van der Waals surface area contributed by atoms with Crippen molar-refractivity contribution in [2.24, 2.45) is 0 Å². The van der Waals surface area contributed by atoms with Gasteiger partial charge in [0, 0.05) is 26.2 Å². The number of ether oxygens (including phenoxy) is 1. The van der Waals surface area contributed by atoms with E-state index in [4.69, 9.17) is 4.74 Å². The maximum absolute atomic E-state index is 12.6. The molecule has 0 spiro atoms. The molecule has 1 N–H and O–H groups in total. The lowest BCUT2D eigenvalue weighted by Crippen LogP contribution is -2.27. The van der Waals surface area contributed by atoms with Gasteiger partial charge in [0.25, 0.3) is 5.91 Å². The highest BCUT2D eigenvalue weighted by molar-refractivity contribution is 5.92. The smallest absolute Gasteiger partial charge is 0.270 e. The molecule has 2 aromatic carbocycles. The first-order chi connectivity index (χ1) is 14.0. The van der Waals surface area contributed by atoms with Gasteiger partial charge in [0.1, 0.15) is 23.1 Å². The summed E-state index contributed by atoms with van der Waals surface area (Å²) in [5.74, 6) is 1.90. The van der Waals surface area contributed by atoms with Crippen molar-refractivity contribution in [3.8, 4) is 5.75 Å². The van der Waals surface area contributed by atoms with E-state index in [9.17, 15) is 4.79 Å². The van der Waals surface area contributed by atoms with Crippen LogP contribution in [0.25, 0.3) is 0 Å². The SMILES string of the molecule is COc1cccc(CCNC(=O)c2cc(N(C)Cc3ccccc3)nc(C)n2)c1. The van der Waals surface area contributed by atoms with Crippen molar-refractivity contribution in [2.75, 3.05) is 25.6 Å². The molecule has 0 bridgehead atoms. The third kappa shape index (κ3) is 5.78. The summed E-state index contributed by atoms with van der Waals surface area (Å²) in [4.78, 5) is 23.4. The summed E-state index contributed by atoms with van der Waals surface area (Å²) >= 11 is 0. The van der Waals surface area contributed by atoms with Crippen LogP contribution >= 0.6 is 0 Å². The largest absolute Gasteiger partial charge is 0.497 e. The first kappa shape index (κ1) is 20.3. The molecule has 0 aliphatic heterocycles. The van der Waals surface area contributed by atoms with Crippen molar-refractivity contribution in [1.29, 1.82) is 0 Å². The lowest BCUT2D eigenvalue weighted by Gasteiger charge is -2.19. The Morgan fingerprint density at radius 2 is 1.79 bits per heavy atom. The van der Waals surface area contributed by atoms with Gasteiger partial charge in [0.05, 0.1) is 7.11 Å². The van der Waals surface area contributed by atoms with E-state index in [1.807, 2.05) is 54.4 Å². The molecule has 0 unspecified atom stereocenters. The predicted molar refractivity (Wildman–Crippen MR) is 114 cm³/mol. The Labute approximate surface area is 171 Å². The van der Waals surface area contributed by atoms with E-state index in [1.165, 1.54) is 5.56 Å². The zero-order chi connectivity index (χ0) is 20.6. The molecular weight excluding hydrogens is 364 g/mol. The molecular formula is C23H26N4O2. The minimum atomic E-state index is -0.201. The van der Waals surface area contributed by atoms with Crippen LogP contribution in [0.2, 0.25) is 0 Å². The summed E-state index contributed by atoms with van der Waals surface area (Å²) < 4.78 is 5.23. The molecule has 3 rings (SSSR count). The summed E-state index contributed by atoms with van der Waals surface area (Å²) in [6.45, 7) is 3.02. The van der Waals surface area contributed by atoms with Gasteiger partial charge in [-0.1, -0.05) is 42.5 Å². The number of methoxy groups -OCH3 is 1. The Bertz CT molecular complexity index is 960. The molecule has 1 heterocycles. The zero-order valence-corrected chi connectivity index (χ0v) is 17.1. The first-order valence-electron chi connectivity index (χ1n) is 9.57. The number of carbonyl (C=O) groups excluding carboxylic acids is 1. The van der Waals surface area contributed by atoms with Crippen molar-refractivity contribution in [1.82, 2.24) is 15.3 Å². The van der Waals surface area contributed by atoms with E-state index >= 15 is 0 Å². The second kappa shape index (κ2) is 9.68. The highest BCUT2D eigenvalue weighted by Crippen LogP contribution is 2.15. The first-order valence-corrected chi connectivity index (χ1v) is 9.57. The Hall–Kier alpha value is -3.41. The molecule has 3 aromatic rings. The molecule has 0 aliphatic carbocycles. The molecule has 0 fully saturated rings. The van der Waals surface area contributed by atoms with Crippen molar-refractivity contribution >= 4 is 11.7 Å². The van der Waals surface area contributed by atoms with Crippen LogP contribution in [0.1, 0.15) is 27.4 Å². The van der Waals surface area contributed by atoms with Gasteiger partial charge in [-0.25, -0.2) is 9.97 Å². The fraction of sp³-hybridized carbons (Fsp3) is 0.261. The lowest BCUT2D eigenvalue weighted by molar-refractivity contribution is 0.0949. The van der Waals surface area contributed by atoms with Crippen molar-refractivity contribution in [2.45, 2.75) is 19.9 Å². The fourth-order valence-electron chi connectivity index (χ4n) is 3.04. The number of nitrogens with zero attached hydrogens (tertiary/aromatic N) is 3.